The summed E-state index contributed by atoms with van der Waals surface area (Å²) in [6.07, 6.45) is 1.25. The zero-order chi connectivity index (χ0) is 14.8. The Hall–Kier alpha value is -1.91. The van der Waals surface area contributed by atoms with Gasteiger partial charge in [-0.3, -0.25) is 4.98 Å². The van der Waals surface area contributed by atoms with Crippen LogP contribution >= 0.6 is 15.9 Å². The molecule has 1 aromatic heterocycles. The van der Waals surface area contributed by atoms with Gasteiger partial charge in [0, 0.05) is 16.1 Å². The van der Waals surface area contributed by atoms with E-state index in [0.717, 1.165) is 26.7 Å². The Morgan fingerprint density at radius 2 is 2.00 bits per heavy atom. The van der Waals surface area contributed by atoms with E-state index in [9.17, 15) is 5.11 Å². The Morgan fingerprint density at radius 3 is 2.76 bits per heavy atom. The predicted octanol–water partition coefficient (Wildman–Crippen LogP) is 4.84. The molecule has 3 rings (SSSR count). The lowest BCUT2D eigenvalue weighted by Crippen LogP contribution is -1.93. The van der Waals surface area contributed by atoms with Crippen LogP contribution in [0.25, 0.3) is 10.9 Å². The van der Waals surface area contributed by atoms with E-state index < -0.39 is 6.10 Å². The number of fused-ring (bicyclic) bond motifs is 1. The van der Waals surface area contributed by atoms with Gasteiger partial charge in [-0.2, -0.15) is 0 Å². The number of benzene rings is 2. The minimum Gasteiger partial charge on any atom is -0.457 e. The first-order valence-corrected chi connectivity index (χ1v) is 7.43. The molecular weight excluding hydrogens is 330 g/mol. The van der Waals surface area contributed by atoms with Gasteiger partial charge in [-0.25, -0.2) is 0 Å². The van der Waals surface area contributed by atoms with E-state index in [1.165, 1.54) is 0 Å². The summed E-state index contributed by atoms with van der Waals surface area (Å²) >= 11 is 3.46. The largest absolute Gasteiger partial charge is 0.457 e. The number of hydrogen-bond donors (Lipinski definition) is 1. The Morgan fingerprint density at radius 1 is 1.14 bits per heavy atom. The van der Waals surface area contributed by atoms with Crippen molar-refractivity contribution in [3.05, 3.63) is 64.8 Å². The quantitative estimate of drug-likeness (QED) is 0.739. The lowest BCUT2D eigenvalue weighted by Gasteiger charge is -2.12. The first-order chi connectivity index (χ1) is 10.1. The molecule has 4 heteroatoms. The molecule has 0 aliphatic heterocycles. The second-order valence-electron chi connectivity index (χ2n) is 4.79. The number of hydrogen-bond acceptors (Lipinski definition) is 3. The van der Waals surface area contributed by atoms with Crippen molar-refractivity contribution in [3.8, 4) is 11.5 Å². The normalized spacial score (nSPS) is 12.3. The second-order valence-corrected chi connectivity index (χ2v) is 5.64. The van der Waals surface area contributed by atoms with Gasteiger partial charge in [-0.05, 0) is 48.9 Å². The van der Waals surface area contributed by atoms with E-state index in [1.54, 1.807) is 13.1 Å². The summed E-state index contributed by atoms with van der Waals surface area (Å²) in [5.74, 6) is 1.47. The molecule has 0 saturated carbocycles. The second kappa shape index (κ2) is 5.84. The SMILES string of the molecule is C[C@H](O)c1ccc(Oc2cccc3ncccc23)cc1Br. The summed E-state index contributed by atoms with van der Waals surface area (Å²) in [5.41, 5.74) is 1.73. The molecule has 3 nitrogen and oxygen atoms in total. The van der Waals surface area contributed by atoms with Crippen molar-refractivity contribution in [1.29, 1.82) is 0 Å². The molecular formula is C17H14BrNO2. The molecule has 2 aromatic carbocycles. The summed E-state index contributed by atoms with van der Waals surface area (Å²) < 4.78 is 6.78. The van der Waals surface area contributed by atoms with Gasteiger partial charge in [0.1, 0.15) is 11.5 Å². The maximum absolute atomic E-state index is 9.65. The van der Waals surface area contributed by atoms with Crippen molar-refractivity contribution in [3.63, 3.8) is 0 Å². The lowest BCUT2D eigenvalue weighted by molar-refractivity contribution is 0.198. The molecule has 0 amide bonds. The molecule has 21 heavy (non-hydrogen) atoms. The molecule has 0 bridgehead atoms. The van der Waals surface area contributed by atoms with Gasteiger partial charge in [-0.15, -0.1) is 0 Å². The maximum Gasteiger partial charge on any atom is 0.136 e. The van der Waals surface area contributed by atoms with Crippen LogP contribution < -0.4 is 4.74 Å². The summed E-state index contributed by atoms with van der Waals surface area (Å²) in [5, 5.41) is 10.6. The lowest BCUT2D eigenvalue weighted by atomic mass is 10.1. The number of rotatable bonds is 3. The molecule has 0 aliphatic rings. The van der Waals surface area contributed by atoms with Gasteiger partial charge in [0.2, 0.25) is 0 Å². The Kier molecular flexibility index (Phi) is 3.90. The molecule has 0 radical (unpaired) electrons. The van der Waals surface area contributed by atoms with Gasteiger partial charge >= 0.3 is 0 Å². The molecule has 3 aromatic rings. The van der Waals surface area contributed by atoms with Crippen LogP contribution in [-0.2, 0) is 0 Å². The van der Waals surface area contributed by atoms with E-state index in [0.29, 0.717) is 5.75 Å². The summed E-state index contributed by atoms with van der Waals surface area (Å²) in [6.45, 7) is 1.73. The van der Waals surface area contributed by atoms with E-state index in [-0.39, 0.29) is 0 Å². The van der Waals surface area contributed by atoms with Crippen molar-refractivity contribution in [2.75, 3.05) is 0 Å². The minimum atomic E-state index is -0.518. The van der Waals surface area contributed by atoms with Crippen molar-refractivity contribution < 1.29 is 9.84 Å². The van der Waals surface area contributed by atoms with Gasteiger partial charge < -0.3 is 9.84 Å². The Balaban J connectivity index is 1.97. The standard InChI is InChI=1S/C17H14BrNO2/c1-11(20)13-8-7-12(10-15(13)18)21-17-6-2-5-16-14(17)4-3-9-19-16/h2-11,20H,1H3/t11-/m0/s1. The number of halogens is 1. The fourth-order valence-corrected chi connectivity index (χ4v) is 2.89. The van der Waals surface area contributed by atoms with Gasteiger partial charge in [0.05, 0.1) is 11.6 Å². The maximum atomic E-state index is 9.65. The van der Waals surface area contributed by atoms with E-state index in [4.69, 9.17) is 4.74 Å². The summed E-state index contributed by atoms with van der Waals surface area (Å²) in [4.78, 5) is 4.32. The molecule has 0 fully saturated rings. The zero-order valence-corrected chi connectivity index (χ0v) is 13.0. The van der Waals surface area contributed by atoms with Crippen LogP contribution in [0.15, 0.2) is 59.2 Å². The smallest absolute Gasteiger partial charge is 0.136 e. The van der Waals surface area contributed by atoms with E-state index >= 15 is 0 Å². The molecule has 106 valence electrons. The third kappa shape index (κ3) is 2.91. The monoisotopic (exact) mass is 343 g/mol. The van der Waals surface area contributed by atoms with Crippen molar-refractivity contribution in [1.82, 2.24) is 4.98 Å². The zero-order valence-electron chi connectivity index (χ0n) is 11.5. The van der Waals surface area contributed by atoms with Crippen LogP contribution in [0.3, 0.4) is 0 Å². The molecule has 0 unspecified atom stereocenters. The highest BCUT2D eigenvalue weighted by atomic mass is 79.9. The van der Waals surface area contributed by atoms with Crippen LogP contribution in [-0.4, -0.2) is 10.1 Å². The summed E-state index contributed by atoms with van der Waals surface area (Å²) in [6, 6.07) is 15.2. The highest BCUT2D eigenvalue weighted by Crippen LogP contribution is 2.32. The van der Waals surface area contributed by atoms with Crippen LogP contribution in [0, 0.1) is 0 Å². The van der Waals surface area contributed by atoms with Crippen molar-refractivity contribution in [2.24, 2.45) is 0 Å². The molecule has 0 spiro atoms. The van der Waals surface area contributed by atoms with E-state index in [2.05, 4.69) is 20.9 Å². The van der Waals surface area contributed by atoms with Gasteiger partial charge in [0.15, 0.2) is 0 Å². The first kappa shape index (κ1) is 14.0. The van der Waals surface area contributed by atoms with Crippen LogP contribution in [0.4, 0.5) is 0 Å². The molecule has 0 aliphatic carbocycles. The fourth-order valence-electron chi connectivity index (χ4n) is 2.20. The number of aromatic nitrogens is 1. The van der Waals surface area contributed by atoms with Gasteiger partial charge in [0.25, 0.3) is 0 Å². The summed E-state index contributed by atoms with van der Waals surface area (Å²) in [7, 11) is 0. The number of aliphatic hydroxyl groups excluding tert-OH is 1. The number of pyridine rings is 1. The van der Waals surface area contributed by atoms with Crippen molar-refractivity contribution in [2.45, 2.75) is 13.0 Å². The highest BCUT2D eigenvalue weighted by molar-refractivity contribution is 9.10. The average Bonchev–Trinajstić information content (AvgIpc) is 2.47. The number of ether oxygens (including phenoxy) is 1. The molecule has 1 atom stereocenters. The fraction of sp³-hybridized carbons (Fsp3) is 0.118. The number of nitrogens with zero attached hydrogens (tertiary/aromatic N) is 1. The third-order valence-electron chi connectivity index (χ3n) is 3.26. The van der Waals surface area contributed by atoms with Crippen molar-refractivity contribution >= 4 is 26.8 Å². The first-order valence-electron chi connectivity index (χ1n) is 6.64. The predicted molar refractivity (Wildman–Crippen MR) is 86.6 cm³/mol. The Labute approximate surface area is 131 Å². The van der Waals surface area contributed by atoms with Gasteiger partial charge in [-0.1, -0.05) is 28.1 Å². The topological polar surface area (TPSA) is 42.4 Å². The van der Waals surface area contributed by atoms with Crippen LogP contribution in [0.1, 0.15) is 18.6 Å². The van der Waals surface area contributed by atoms with Crippen LogP contribution in [0.2, 0.25) is 0 Å². The molecule has 1 N–H and O–H groups in total. The van der Waals surface area contributed by atoms with E-state index in [1.807, 2.05) is 48.5 Å². The molecule has 0 saturated heterocycles. The van der Waals surface area contributed by atoms with Crippen LogP contribution in [0.5, 0.6) is 11.5 Å². The number of aliphatic hydroxyl groups is 1. The average molecular weight is 344 g/mol. The molecule has 1 heterocycles. The third-order valence-corrected chi connectivity index (χ3v) is 3.94. The Bertz CT molecular complexity index is 781. The highest BCUT2D eigenvalue weighted by Gasteiger charge is 2.09. The minimum absolute atomic E-state index is 0.518.